The average molecular weight is 430 g/mol. The lowest BCUT2D eigenvalue weighted by Crippen LogP contribution is -2.39. The zero-order valence-corrected chi connectivity index (χ0v) is 18.7. The molecule has 0 radical (unpaired) electrons. The number of morpholine rings is 1. The van der Waals surface area contributed by atoms with Crippen molar-refractivity contribution in [3.05, 3.63) is 45.6 Å². The number of aryl methyl sites for hydroxylation is 2. The molecule has 0 bridgehead atoms. The minimum Gasteiger partial charge on any atom is -0.379 e. The molecule has 4 rings (SSSR count). The van der Waals surface area contributed by atoms with Crippen molar-refractivity contribution in [2.75, 3.05) is 44.3 Å². The van der Waals surface area contributed by atoms with Gasteiger partial charge in [-0.3, -0.25) is 14.6 Å². The van der Waals surface area contributed by atoms with Crippen LogP contribution >= 0.6 is 22.7 Å². The van der Waals surface area contributed by atoms with Gasteiger partial charge in [0.25, 0.3) is 0 Å². The van der Waals surface area contributed by atoms with Gasteiger partial charge in [-0.15, -0.1) is 11.3 Å². The third-order valence-corrected chi connectivity index (χ3v) is 7.31. The molecule has 2 aromatic heterocycles. The molecule has 1 amide bonds. The number of hydrogen-bond donors (Lipinski definition) is 0. The van der Waals surface area contributed by atoms with Crippen molar-refractivity contribution in [3.8, 4) is 0 Å². The molecule has 1 aliphatic rings. The number of anilines is 1. The Bertz CT molecular complexity index is 962. The fourth-order valence-corrected chi connectivity index (χ4v) is 5.50. The Labute approximate surface area is 179 Å². The predicted molar refractivity (Wildman–Crippen MR) is 121 cm³/mol. The third kappa shape index (κ3) is 5.04. The number of carbonyl (C=O) groups excluding carboxylic acids is 1. The van der Waals surface area contributed by atoms with Gasteiger partial charge in [0.1, 0.15) is 0 Å². The van der Waals surface area contributed by atoms with E-state index in [2.05, 4.69) is 30.9 Å². The Morgan fingerprint density at radius 2 is 2.10 bits per heavy atom. The van der Waals surface area contributed by atoms with Gasteiger partial charge in [-0.25, -0.2) is 4.98 Å². The first kappa shape index (κ1) is 20.5. The van der Waals surface area contributed by atoms with Crippen LogP contribution in [0.4, 0.5) is 5.13 Å². The molecule has 0 spiro atoms. The molecule has 5 nitrogen and oxygen atoms in total. The van der Waals surface area contributed by atoms with E-state index in [0.717, 1.165) is 54.8 Å². The Hall–Kier alpha value is -1.80. The monoisotopic (exact) mass is 429 g/mol. The predicted octanol–water partition coefficient (Wildman–Crippen LogP) is 4.27. The summed E-state index contributed by atoms with van der Waals surface area (Å²) in [6.45, 7) is 9.44. The van der Waals surface area contributed by atoms with Gasteiger partial charge in [0.2, 0.25) is 5.91 Å². The van der Waals surface area contributed by atoms with E-state index in [1.807, 2.05) is 22.4 Å². The van der Waals surface area contributed by atoms with Crippen LogP contribution in [-0.2, 0) is 16.0 Å². The molecule has 3 aromatic rings. The first-order chi connectivity index (χ1) is 14.1. The summed E-state index contributed by atoms with van der Waals surface area (Å²) in [4.78, 5) is 23.4. The molecule has 29 heavy (non-hydrogen) atoms. The number of aromatic nitrogens is 1. The lowest BCUT2D eigenvalue weighted by Gasteiger charge is -2.27. The first-order valence-corrected chi connectivity index (χ1v) is 11.8. The van der Waals surface area contributed by atoms with Gasteiger partial charge >= 0.3 is 0 Å². The molecule has 1 saturated heterocycles. The second-order valence-electron chi connectivity index (χ2n) is 7.54. The van der Waals surface area contributed by atoms with E-state index in [0.29, 0.717) is 13.0 Å². The van der Waals surface area contributed by atoms with Crippen LogP contribution < -0.4 is 4.90 Å². The van der Waals surface area contributed by atoms with Crippen molar-refractivity contribution in [2.24, 2.45) is 0 Å². The van der Waals surface area contributed by atoms with Gasteiger partial charge in [-0.05, 0) is 48.9 Å². The molecule has 1 fully saturated rings. The number of carbonyl (C=O) groups is 1. The number of amides is 1. The van der Waals surface area contributed by atoms with Crippen LogP contribution in [0.15, 0.2) is 29.6 Å². The van der Waals surface area contributed by atoms with Crippen LogP contribution in [0.1, 0.15) is 22.4 Å². The molecule has 3 heterocycles. The molecule has 0 unspecified atom stereocenters. The minimum absolute atomic E-state index is 0.128. The van der Waals surface area contributed by atoms with E-state index in [1.165, 1.54) is 15.8 Å². The maximum atomic E-state index is 13.2. The fraction of sp³-hybridized carbons (Fsp3) is 0.455. The Morgan fingerprint density at radius 1 is 1.28 bits per heavy atom. The molecule has 1 aliphatic heterocycles. The maximum Gasteiger partial charge on any atom is 0.234 e. The number of thiophene rings is 1. The zero-order chi connectivity index (χ0) is 20.2. The van der Waals surface area contributed by atoms with Crippen LogP contribution in [0.3, 0.4) is 0 Å². The van der Waals surface area contributed by atoms with Gasteiger partial charge in [-0.1, -0.05) is 23.5 Å². The molecule has 0 aliphatic carbocycles. The Kier molecular flexibility index (Phi) is 6.60. The highest BCUT2D eigenvalue weighted by Gasteiger charge is 2.21. The van der Waals surface area contributed by atoms with Crippen molar-refractivity contribution in [1.82, 2.24) is 9.88 Å². The Morgan fingerprint density at radius 3 is 2.86 bits per heavy atom. The van der Waals surface area contributed by atoms with Crippen molar-refractivity contribution in [1.29, 1.82) is 0 Å². The quantitative estimate of drug-likeness (QED) is 0.563. The van der Waals surface area contributed by atoms with Crippen LogP contribution in [0.2, 0.25) is 0 Å². The highest BCUT2D eigenvalue weighted by Crippen LogP contribution is 2.32. The standard InChI is InChI=1S/C22H27N3O2S2/c1-16-13-17(2)21-19(14-16)23-22(29-21)25(20(26)15-18-5-3-12-28-18)7-4-6-24-8-10-27-11-9-24/h3,5,12-14H,4,6-11,15H2,1-2H3. The number of fused-ring (bicyclic) bond motifs is 1. The summed E-state index contributed by atoms with van der Waals surface area (Å²) in [5, 5.41) is 2.84. The molecule has 7 heteroatoms. The third-order valence-electron chi connectivity index (χ3n) is 5.21. The van der Waals surface area contributed by atoms with Crippen molar-refractivity contribution in [2.45, 2.75) is 26.7 Å². The van der Waals surface area contributed by atoms with Gasteiger partial charge in [-0.2, -0.15) is 0 Å². The largest absolute Gasteiger partial charge is 0.379 e. The van der Waals surface area contributed by atoms with E-state index in [-0.39, 0.29) is 5.91 Å². The average Bonchev–Trinajstić information content (AvgIpc) is 3.36. The van der Waals surface area contributed by atoms with E-state index in [1.54, 1.807) is 22.7 Å². The number of thiazole rings is 1. The van der Waals surface area contributed by atoms with Crippen molar-refractivity contribution >= 4 is 43.9 Å². The summed E-state index contributed by atoms with van der Waals surface area (Å²) in [5.74, 6) is 0.128. The molecular weight excluding hydrogens is 402 g/mol. The van der Waals surface area contributed by atoms with E-state index < -0.39 is 0 Å². The maximum absolute atomic E-state index is 13.2. The van der Waals surface area contributed by atoms with Crippen LogP contribution in [-0.4, -0.2) is 55.2 Å². The van der Waals surface area contributed by atoms with Crippen LogP contribution in [0.5, 0.6) is 0 Å². The van der Waals surface area contributed by atoms with Crippen molar-refractivity contribution in [3.63, 3.8) is 0 Å². The summed E-state index contributed by atoms with van der Waals surface area (Å²) in [6.07, 6.45) is 1.37. The lowest BCUT2D eigenvalue weighted by molar-refractivity contribution is -0.118. The van der Waals surface area contributed by atoms with Gasteiger partial charge in [0, 0.05) is 31.1 Å². The molecule has 154 valence electrons. The Balaban J connectivity index is 1.53. The second-order valence-corrected chi connectivity index (χ2v) is 9.55. The summed E-state index contributed by atoms with van der Waals surface area (Å²) < 4.78 is 6.61. The number of nitrogens with zero attached hydrogens (tertiary/aromatic N) is 3. The fourth-order valence-electron chi connectivity index (χ4n) is 3.74. The number of rotatable bonds is 7. The lowest BCUT2D eigenvalue weighted by atomic mass is 10.1. The molecule has 0 atom stereocenters. The van der Waals surface area contributed by atoms with E-state index in [9.17, 15) is 4.79 Å². The summed E-state index contributed by atoms with van der Waals surface area (Å²) >= 11 is 3.26. The topological polar surface area (TPSA) is 45.7 Å². The molecule has 0 saturated carbocycles. The number of ether oxygens (including phenoxy) is 1. The minimum atomic E-state index is 0.128. The van der Waals surface area contributed by atoms with Gasteiger partial charge in [0.15, 0.2) is 5.13 Å². The normalized spacial score (nSPS) is 15.1. The summed E-state index contributed by atoms with van der Waals surface area (Å²) in [5.41, 5.74) is 3.42. The van der Waals surface area contributed by atoms with Gasteiger partial charge < -0.3 is 4.74 Å². The molecular formula is C22H27N3O2S2. The highest BCUT2D eigenvalue weighted by atomic mass is 32.1. The SMILES string of the molecule is Cc1cc(C)c2sc(N(CCCN3CCOCC3)C(=O)Cc3cccs3)nc2c1. The second kappa shape index (κ2) is 9.34. The van der Waals surface area contributed by atoms with E-state index >= 15 is 0 Å². The first-order valence-electron chi connectivity index (χ1n) is 10.1. The van der Waals surface area contributed by atoms with Crippen LogP contribution in [0.25, 0.3) is 10.2 Å². The smallest absolute Gasteiger partial charge is 0.234 e. The van der Waals surface area contributed by atoms with Crippen LogP contribution in [0, 0.1) is 13.8 Å². The molecule has 0 N–H and O–H groups in total. The number of hydrogen-bond acceptors (Lipinski definition) is 6. The highest BCUT2D eigenvalue weighted by molar-refractivity contribution is 7.22. The summed E-state index contributed by atoms with van der Waals surface area (Å²) in [7, 11) is 0. The number of benzene rings is 1. The van der Waals surface area contributed by atoms with Crippen molar-refractivity contribution < 1.29 is 9.53 Å². The van der Waals surface area contributed by atoms with E-state index in [4.69, 9.17) is 9.72 Å². The summed E-state index contributed by atoms with van der Waals surface area (Å²) in [6, 6.07) is 8.32. The zero-order valence-electron chi connectivity index (χ0n) is 17.0. The van der Waals surface area contributed by atoms with Gasteiger partial charge in [0.05, 0.1) is 29.9 Å². The molecule has 1 aromatic carbocycles.